The molecule has 0 bridgehead atoms. The van der Waals surface area contributed by atoms with Crippen molar-refractivity contribution in [2.75, 3.05) is 23.7 Å². The Balaban J connectivity index is 1.80. The van der Waals surface area contributed by atoms with E-state index in [1.165, 1.54) is 0 Å². The minimum atomic E-state index is -0.419. The number of carbonyl (C=O) groups is 1. The number of benzene rings is 1. The molecular formula is C12H15N3O2. The summed E-state index contributed by atoms with van der Waals surface area (Å²) in [4.78, 5) is 11.5. The van der Waals surface area contributed by atoms with Crippen LogP contribution in [0.25, 0.3) is 0 Å². The zero-order valence-electron chi connectivity index (χ0n) is 9.62. The predicted octanol–water partition coefficient (Wildman–Crippen LogP) is 0.790. The Morgan fingerprint density at radius 1 is 1.41 bits per heavy atom. The standard InChI is InChI=1S/C12H15N3O2/c1-7-12(16)15-10-4-8(2-3-11(10)17-7)14-9-5-13-6-9/h2-4,7,9,13-14H,5-6H2,1H3,(H,15,16). The van der Waals surface area contributed by atoms with Gasteiger partial charge >= 0.3 is 0 Å². The summed E-state index contributed by atoms with van der Waals surface area (Å²) in [6, 6.07) is 6.26. The molecule has 3 rings (SSSR count). The quantitative estimate of drug-likeness (QED) is 0.706. The van der Waals surface area contributed by atoms with Crippen molar-refractivity contribution in [3.05, 3.63) is 18.2 Å². The molecule has 3 N–H and O–H groups in total. The number of fused-ring (bicyclic) bond motifs is 1. The Morgan fingerprint density at radius 3 is 2.94 bits per heavy atom. The second kappa shape index (κ2) is 3.92. The second-order valence-corrected chi connectivity index (χ2v) is 4.46. The third-order valence-corrected chi connectivity index (χ3v) is 3.06. The van der Waals surface area contributed by atoms with Gasteiger partial charge in [-0.1, -0.05) is 0 Å². The van der Waals surface area contributed by atoms with Gasteiger partial charge in [0.05, 0.1) is 11.7 Å². The van der Waals surface area contributed by atoms with Gasteiger partial charge in [0, 0.05) is 18.8 Å². The van der Waals surface area contributed by atoms with Crippen molar-refractivity contribution < 1.29 is 9.53 Å². The first kappa shape index (κ1) is 10.4. The van der Waals surface area contributed by atoms with E-state index < -0.39 is 6.10 Å². The Hall–Kier alpha value is -1.75. The molecule has 1 aromatic carbocycles. The molecule has 0 spiro atoms. The van der Waals surface area contributed by atoms with Crippen molar-refractivity contribution in [1.82, 2.24) is 5.32 Å². The molecule has 0 aromatic heterocycles. The molecule has 1 fully saturated rings. The number of anilines is 2. The number of hydrogen-bond acceptors (Lipinski definition) is 4. The molecule has 17 heavy (non-hydrogen) atoms. The molecular weight excluding hydrogens is 218 g/mol. The smallest absolute Gasteiger partial charge is 0.265 e. The fourth-order valence-corrected chi connectivity index (χ4v) is 1.92. The van der Waals surface area contributed by atoms with Crippen molar-refractivity contribution >= 4 is 17.3 Å². The average Bonchev–Trinajstić information content (AvgIpc) is 2.25. The predicted molar refractivity (Wildman–Crippen MR) is 65.4 cm³/mol. The highest BCUT2D eigenvalue weighted by Gasteiger charge is 2.24. The fourth-order valence-electron chi connectivity index (χ4n) is 1.92. The highest BCUT2D eigenvalue weighted by atomic mass is 16.5. The van der Waals surface area contributed by atoms with Crippen LogP contribution in [0, 0.1) is 0 Å². The van der Waals surface area contributed by atoms with Gasteiger partial charge in [0.15, 0.2) is 6.10 Å². The van der Waals surface area contributed by atoms with E-state index in [9.17, 15) is 4.79 Å². The summed E-state index contributed by atoms with van der Waals surface area (Å²) in [6.07, 6.45) is -0.419. The van der Waals surface area contributed by atoms with Gasteiger partial charge in [-0.3, -0.25) is 4.79 Å². The van der Waals surface area contributed by atoms with Crippen molar-refractivity contribution in [3.63, 3.8) is 0 Å². The van der Waals surface area contributed by atoms with Crippen LogP contribution in [0.4, 0.5) is 11.4 Å². The molecule has 1 saturated heterocycles. The Bertz CT molecular complexity index is 457. The number of carbonyl (C=O) groups excluding carboxylic acids is 1. The van der Waals surface area contributed by atoms with Gasteiger partial charge in [-0.25, -0.2) is 0 Å². The first-order valence-corrected chi connectivity index (χ1v) is 5.81. The van der Waals surface area contributed by atoms with Gasteiger partial charge in [-0.15, -0.1) is 0 Å². The maximum Gasteiger partial charge on any atom is 0.265 e. The zero-order chi connectivity index (χ0) is 11.8. The molecule has 2 aliphatic heterocycles. The first-order valence-electron chi connectivity index (χ1n) is 5.81. The lowest BCUT2D eigenvalue weighted by Crippen LogP contribution is -2.51. The molecule has 5 nitrogen and oxygen atoms in total. The third kappa shape index (κ3) is 1.93. The van der Waals surface area contributed by atoms with Crippen LogP contribution in [0.3, 0.4) is 0 Å². The largest absolute Gasteiger partial charge is 0.479 e. The molecule has 0 saturated carbocycles. The van der Waals surface area contributed by atoms with Crippen molar-refractivity contribution in [2.24, 2.45) is 0 Å². The van der Waals surface area contributed by atoms with Gasteiger partial charge in [0.1, 0.15) is 5.75 Å². The highest BCUT2D eigenvalue weighted by molar-refractivity contribution is 5.98. The first-order chi connectivity index (χ1) is 8.22. The van der Waals surface area contributed by atoms with Crippen LogP contribution in [0.1, 0.15) is 6.92 Å². The summed E-state index contributed by atoms with van der Waals surface area (Å²) < 4.78 is 5.49. The maximum atomic E-state index is 11.5. The Kier molecular flexibility index (Phi) is 2.40. The van der Waals surface area contributed by atoms with E-state index in [0.29, 0.717) is 6.04 Å². The van der Waals surface area contributed by atoms with Crippen LogP contribution < -0.4 is 20.7 Å². The summed E-state index contributed by atoms with van der Waals surface area (Å²) in [7, 11) is 0. The number of rotatable bonds is 2. The lowest BCUT2D eigenvalue weighted by atomic mass is 10.1. The van der Waals surface area contributed by atoms with Crippen LogP contribution in [-0.4, -0.2) is 31.1 Å². The monoisotopic (exact) mass is 233 g/mol. The van der Waals surface area contributed by atoms with E-state index >= 15 is 0 Å². The molecule has 90 valence electrons. The van der Waals surface area contributed by atoms with Gasteiger partial charge in [0.25, 0.3) is 5.91 Å². The van der Waals surface area contributed by atoms with E-state index in [2.05, 4.69) is 16.0 Å². The molecule has 2 heterocycles. The van der Waals surface area contributed by atoms with Crippen molar-refractivity contribution in [3.8, 4) is 5.75 Å². The summed E-state index contributed by atoms with van der Waals surface area (Å²) in [5.74, 6) is 0.634. The lowest BCUT2D eigenvalue weighted by Gasteiger charge is -2.30. The molecule has 0 aliphatic carbocycles. The van der Waals surface area contributed by atoms with Gasteiger partial charge in [0.2, 0.25) is 0 Å². The average molecular weight is 233 g/mol. The summed E-state index contributed by atoms with van der Waals surface area (Å²) in [5, 5.41) is 9.42. The molecule has 2 aliphatic rings. The van der Waals surface area contributed by atoms with Crippen molar-refractivity contribution in [1.29, 1.82) is 0 Å². The van der Waals surface area contributed by atoms with Crippen LogP contribution in [-0.2, 0) is 4.79 Å². The topological polar surface area (TPSA) is 62.4 Å². The van der Waals surface area contributed by atoms with Crippen LogP contribution in [0.15, 0.2) is 18.2 Å². The van der Waals surface area contributed by atoms with E-state index in [4.69, 9.17) is 4.74 Å². The van der Waals surface area contributed by atoms with E-state index in [1.807, 2.05) is 18.2 Å². The Labute approximate surface area is 99.5 Å². The van der Waals surface area contributed by atoms with Gasteiger partial charge < -0.3 is 20.7 Å². The molecule has 5 heteroatoms. The minimum absolute atomic E-state index is 0.0973. The minimum Gasteiger partial charge on any atom is -0.479 e. The molecule has 1 aromatic rings. The number of ether oxygens (including phenoxy) is 1. The van der Waals surface area contributed by atoms with Crippen LogP contribution in [0.5, 0.6) is 5.75 Å². The SMILES string of the molecule is CC1Oc2ccc(NC3CNC3)cc2NC1=O. The van der Waals surface area contributed by atoms with E-state index in [1.54, 1.807) is 6.92 Å². The lowest BCUT2D eigenvalue weighted by molar-refractivity contribution is -0.122. The molecule has 1 atom stereocenters. The summed E-state index contributed by atoms with van der Waals surface area (Å²) in [6.45, 7) is 3.71. The van der Waals surface area contributed by atoms with Gasteiger partial charge in [-0.05, 0) is 25.1 Å². The molecule has 1 unspecified atom stereocenters. The van der Waals surface area contributed by atoms with E-state index in [0.717, 1.165) is 30.2 Å². The van der Waals surface area contributed by atoms with Gasteiger partial charge in [-0.2, -0.15) is 0 Å². The fraction of sp³-hybridized carbons (Fsp3) is 0.417. The number of amides is 1. The highest BCUT2D eigenvalue weighted by Crippen LogP contribution is 2.32. The normalized spacial score (nSPS) is 23.1. The molecule has 0 radical (unpaired) electrons. The number of hydrogen-bond donors (Lipinski definition) is 3. The van der Waals surface area contributed by atoms with E-state index in [-0.39, 0.29) is 5.91 Å². The third-order valence-electron chi connectivity index (χ3n) is 3.06. The van der Waals surface area contributed by atoms with Crippen molar-refractivity contribution in [2.45, 2.75) is 19.1 Å². The summed E-state index contributed by atoms with van der Waals surface area (Å²) >= 11 is 0. The molecule has 1 amide bonds. The summed E-state index contributed by atoms with van der Waals surface area (Å²) in [5.41, 5.74) is 1.75. The van der Waals surface area contributed by atoms with Crippen LogP contribution in [0.2, 0.25) is 0 Å². The Morgan fingerprint density at radius 2 is 2.24 bits per heavy atom. The zero-order valence-corrected chi connectivity index (χ0v) is 9.62. The van der Waals surface area contributed by atoms with Crippen LogP contribution >= 0.6 is 0 Å². The maximum absolute atomic E-state index is 11.5. The second-order valence-electron chi connectivity index (χ2n) is 4.46. The number of nitrogens with one attached hydrogen (secondary N) is 3.